The first-order chi connectivity index (χ1) is 15.2. The predicted molar refractivity (Wildman–Crippen MR) is 133 cm³/mol. The number of benzene rings is 1. The Labute approximate surface area is 203 Å². The van der Waals surface area contributed by atoms with E-state index in [9.17, 15) is 9.59 Å². The van der Waals surface area contributed by atoms with E-state index in [0.29, 0.717) is 12.5 Å². The highest BCUT2D eigenvalue weighted by Crippen LogP contribution is 2.31. The second-order valence-corrected chi connectivity index (χ2v) is 11.4. The molecule has 1 aromatic heterocycles. The van der Waals surface area contributed by atoms with E-state index in [0.717, 1.165) is 41.5 Å². The molecule has 0 radical (unpaired) electrons. The van der Waals surface area contributed by atoms with Crippen LogP contribution in [-0.4, -0.2) is 24.1 Å². The average Bonchev–Trinajstić information content (AvgIpc) is 3.18. The highest BCUT2D eigenvalue weighted by Gasteiger charge is 2.29. The van der Waals surface area contributed by atoms with E-state index in [1.54, 1.807) is 11.3 Å². The molecule has 3 rings (SSSR count). The summed E-state index contributed by atoms with van der Waals surface area (Å²) in [6, 6.07) is 12.3. The lowest BCUT2D eigenvalue weighted by Crippen LogP contribution is -2.39. The molecule has 1 saturated carbocycles. The number of hydrogen-bond acceptors (Lipinski definition) is 4. The van der Waals surface area contributed by atoms with Gasteiger partial charge in [0.2, 0.25) is 5.91 Å². The quantitative estimate of drug-likeness (QED) is 0.453. The zero-order valence-corrected chi connectivity index (χ0v) is 21.4. The Balaban J connectivity index is 1.51. The van der Waals surface area contributed by atoms with Crippen LogP contribution in [0.4, 0.5) is 4.79 Å². The number of carbonyl (C=O) groups is 2. The minimum Gasteiger partial charge on any atom is -0.444 e. The molecule has 1 aliphatic rings. The Kier molecular flexibility index (Phi) is 8.77. The van der Waals surface area contributed by atoms with Crippen LogP contribution in [0.3, 0.4) is 0 Å². The molecule has 174 valence electrons. The fourth-order valence-corrected chi connectivity index (χ4v) is 5.54. The molecule has 1 aromatic carbocycles. The minimum absolute atomic E-state index is 0.0226. The summed E-state index contributed by atoms with van der Waals surface area (Å²) in [7, 11) is 0. The first-order valence-corrected chi connectivity index (χ1v) is 12.9. The molecule has 1 atom stereocenters. The second-order valence-electron chi connectivity index (χ2n) is 9.52. The van der Waals surface area contributed by atoms with Crippen molar-refractivity contribution in [1.82, 2.24) is 10.6 Å². The molecule has 0 saturated heterocycles. The molecular weight excluding hydrogens is 488 g/mol. The number of halogens is 1. The van der Waals surface area contributed by atoms with E-state index in [4.69, 9.17) is 4.74 Å². The fourth-order valence-electron chi connectivity index (χ4n) is 4.04. The summed E-state index contributed by atoms with van der Waals surface area (Å²) in [5.74, 6) is 0.545. The van der Waals surface area contributed by atoms with Crippen LogP contribution in [0.5, 0.6) is 0 Å². The van der Waals surface area contributed by atoms with Gasteiger partial charge in [-0.1, -0.05) is 30.3 Å². The van der Waals surface area contributed by atoms with Gasteiger partial charge in [0.25, 0.3) is 0 Å². The topological polar surface area (TPSA) is 67.4 Å². The number of thiophene rings is 1. The summed E-state index contributed by atoms with van der Waals surface area (Å²) in [6.45, 7) is 6.17. The summed E-state index contributed by atoms with van der Waals surface area (Å²) < 4.78 is 6.35. The van der Waals surface area contributed by atoms with Crippen LogP contribution >= 0.6 is 27.3 Å². The Morgan fingerprint density at radius 2 is 1.84 bits per heavy atom. The first kappa shape index (κ1) is 24.8. The SMILES string of the molecule is CC(C)(C)OC(=O)NCC1CCC(C(=O)NC(Cc2ccccc2)c2cc(Br)cs2)CC1. The third-order valence-electron chi connectivity index (χ3n) is 5.68. The molecule has 0 spiro atoms. The lowest BCUT2D eigenvalue weighted by Gasteiger charge is -2.29. The van der Waals surface area contributed by atoms with E-state index in [2.05, 4.69) is 50.1 Å². The zero-order valence-electron chi connectivity index (χ0n) is 19.0. The van der Waals surface area contributed by atoms with Crippen molar-refractivity contribution < 1.29 is 14.3 Å². The molecule has 2 amide bonds. The molecule has 1 unspecified atom stereocenters. The molecule has 1 heterocycles. The number of carbonyl (C=O) groups excluding carboxylic acids is 2. The van der Waals surface area contributed by atoms with Gasteiger partial charge in [-0.25, -0.2) is 4.79 Å². The molecule has 0 bridgehead atoms. The molecule has 32 heavy (non-hydrogen) atoms. The standard InChI is InChI=1S/C25H33BrN2O3S/c1-25(2,3)31-24(30)27-15-18-9-11-19(12-10-18)23(29)28-21(22-14-20(26)16-32-22)13-17-7-5-4-6-8-17/h4-8,14,16,18-19,21H,9-13,15H2,1-3H3,(H,27,30)(H,28,29). The van der Waals surface area contributed by atoms with Crippen LogP contribution < -0.4 is 10.6 Å². The van der Waals surface area contributed by atoms with Gasteiger partial charge in [0, 0.05) is 27.2 Å². The molecule has 0 aliphatic heterocycles. The summed E-state index contributed by atoms with van der Waals surface area (Å²) >= 11 is 5.20. The van der Waals surface area contributed by atoms with Crippen molar-refractivity contribution >= 4 is 39.3 Å². The second kappa shape index (κ2) is 11.3. The molecular formula is C25H33BrN2O3S. The summed E-state index contributed by atoms with van der Waals surface area (Å²) in [6.07, 6.45) is 3.96. The Morgan fingerprint density at radius 1 is 1.16 bits per heavy atom. The van der Waals surface area contributed by atoms with Crippen LogP contribution in [0.2, 0.25) is 0 Å². The Bertz CT molecular complexity index is 886. The van der Waals surface area contributed by atoms with Gasteiger partial charge in [-0.05, 0) is 86.4 Å². The maximum Gasteiger partial charge on any atom is 0.407 e. The molecule has 1 fully saturated rings. The van der Waals surface area contributed by atoms with Gasteiger partial charge >= 0.3 is 6.09 Å². The predicted octanol–water partition coefficient (Wildman–Crippen LogP) is 6.24. The van der Waals surface area contributed by atoms with Crippen molar-refractivity contribution in [3.8, 4) is 0 Å². The van der Waals surface area contributed by atoms with Gasteiger partial charge in [0.05, 0.1) is 6.04 Å². The van der Waals surface area contributed by atoms with Crippen molar-refractivity contribution in [2.75, 3.05) is 6.54 Å². The maximum atomic E-state index is 13.1. The van der Waals surface area contributed by atoms with Crippen molar-refractivity contribution in [1.29, 1.82) is 0 Å². The Morgan fingerprint density at radius 3 is 2.44 bits per heavy atom. The third kappa shape index (κ3) is 7.93. The first-order valence-electron chi connectivity index (χ1n) is 11.2. The number of hydrogen-bond donors (Lipinski definition) is 2. The van der Waals surface area contributed by atoms with Gasteiger partial charge in [-0.2, -0.15) is 0 Å². The Hall–Kier alpha value is -1.86. The van der Waals surface area contributed by atoms with E-state index < -0.39 is 5.60 Å². The monoisotopic (exact) mass is 520 g/mol. The summed E-state index contributed by atoms with van der Waals surface area (Å²) in [5.41, 5.74) is 0.716. The van der Waals surface area contributed by atoms with E-state index in [-0.39, 0.29) is 24.0 Å². The average molecular weight is 522 g/mol. The van der Waals surface area contributed by atoms with Crippen molar-refractivity contribution in [2.45, 2.75) is 64.5 Å². The van der Waals surface area contributed by atoms with E-state index in [1.165, 1.54) is 5.56 Å². The van der Waals surface area contributed by atoms with E-state index >= 15 is 0 Å². The van der Waals surface area contributed by atoms with Crippen LogP contribution in [0, 0.1) is 11.8 Å². The fraction of sp³-hybridized carbons (Fsp3) is 0.520. The lowest BCUT2D eigenvalue weighted by molar-refractivity contribution is -0.127. The largest absolute Gasteiger partial charge is 0.444 e. The van der Waals surface area contributed by atoms with Gasteiger partial charge < -0.3 is 15.4 Å². The maximum absolute atomic E-state index is 13.1. The molecule has 1 aliphatic carbocycles. The molecule has 2 N–H and O–H groups in total. The van der Waals surface area contributed by atoms with Crippen molar-refractivity contribution in [2.24, 2.45) is 11.8 Å². The van der Waals surface area contributed by atoms with Crippen molar-refractivity contribution in [3.63, 3.8) is 0 Å². The van der Waals surface area contributed by atoms with Crippen LogP contribution in [0.25, 0.3) is 0 Å². The smallest absolute Gasteiger partial charge is 0.407 e. The van der Waals surface area contributed by atoms with Gasteiger partial charge in [0.1, 0.15) is 5.60 Å². The number of amides is 2. The number of nitrogens with one attached hydrogen (secondary N) is 2. The summed E-state index contributed by atoms with van der Waals surface area (Å²) in [5, 5.41) is 8.25. The van der Waals surface area contributed by atoms with Crippen LogP contribution in [-0.2, 0) is 16.0 Å². The molecule has 2 aromatic rings. The van der Waals surface area contributed by atoms with E-state index in [1.807, 2.05) is 39.0 Å². The number of alkyl carbamates (subject to hydrolysis) is 1. The van der Waals surface area contributed by atoms with Gasteiger partial charge in [0.15, 0.2) is 0 Å². The van der Waals surface area contributed by atoms with Crippen LogP contribution in [0.15, 0.2) is 46.3 Å². The molecule has 7 heteroatoms. The molecule has 5 nitrogen and oxygen atoms in total. The van der Waals surface area contributed by atoms with Gasteiger partial charge in [-0.15, -0.1) is 11.3 Å². The summed E-state index contributed by atoms with van der Waals surface area (Å²) in [4.78, 5) is 26.1. The van der Waals surface area contributed by atoms with Crippen LogP contribution in [0.1, 0.15) is 62.9 Å². The van der Waals surface area contributed by atoms with Crippen molar-refractivity contribution in [3.05, 3.63) is 56.7 Å². The minimum atomic E-state index is -0.492. The number of ether oxygens (including phenoxy) is 1. The van der Waals surface area contributed by atoms with Gasteiger partial charge in [-0.3, -0.25) is 4.79 Å². The highest BCUT2D eigenvalue weighted by atomic mass is 79.9. The highest BCUT2D eigenvalue weighted by molar-refractivity contribution is 9.10. The third-order valence-corrected chi connectivity index (χ3v) is 7.49. The zero-order chi connectivity index (χ0) is 23.1. The normalized spacial score (nSPS) is 19.8. The lowest BCUT2D eigenvalue weighted by atomic mass is 9.81. The number of rotatable bonds is 7.